The molecule has 0 amide bonds. The van der Waals surface area contributed by atoms with Crippen LogP contribution in [0.3, 0.4) is 0 Å². The van der Waals surface area contributed by atoms with Crippen molar-refractivity contribution in [1.82, 2.24) is 0 Å². The summed E-state index contributed by atoms with van der Waals surface area (Å²) in [5, 5.41) is 3.63. The predicted molar refractivity (Wildman–Crippen MR) is 96.4 cm³/mol. The van der Waals surface area contributed by atoms with Gasteiger partial charge < -0.3 is 14.0 Å². The number of oxime groups is 1. The summed E-state index contributed by atoms with van der Waals surface area (Å²) < 4.78 is 11.0. The molecule has 0 fully saturated rings. The third-order valence-electron chi connectivity index (χ3n) is 3.72. The van der Waals surface area contributed by atoms with Crippen LogP contribution in [0.25, 0.3) is 17.4 Å². The van der Waals surface area contributed by atoms with E-state index in [2.05, 4.69) is 9.99 Å². The van der Waals surface area contributed by atoms with Crippen LogP contribution >= 0.6 is 0 Å². The van der Waals surface area contributed by atoms with E-state index in [0.717, 1.165) is 5.56 Å². The molecule has 1 aromatic carbocycles. The van der Waals surface area contributed by atoms with Gasteiger partial charge in [0.25, 0.3) is 0 Å². The van der Waals surface area contributed by atoms with Gasteiger partial charge in [0.2, 0.25) is 0 Å². The fourth-order valence-electron chi connectivity index (χ4n) is 2.37. The Hall–Kier alpha value is -3.15. The van der Waals surface area contributed by atoms with E-state index in [-0.39, 0.29) is 11.9 Å². The Kier molecular flexibility index (Phi) is 5.02. The molecule has 0 spiro atoms. The zero-order valence-electron chi connectivity index (χ0n) is 14.8. The largest absolute Gasteiger partial charge is 0.462 e. The standard InChI is InChI=1S/C20H19NO5/c1-12(2)11-24-19(22)15-6-4-5-14(9-15)18-8-7-16(25-18)10-17-13(3)21-26-20(17)23/h4-10,12H,11H2,1-3H3/b17-10-. The van der Waals surface area contributed by atoms with Crippen LogP contribution in [-0.4, -0.2) is 24.3 Å². The zero-order valence-corrected chi connectivity index (χ0v) is 14.8. The van der Waals surface area contributed by atoms with Gasteiger partial charge in [-0.2, -0.15) is 0 Å². The van der Waals surface area contributed by atoms with E-state index in [4.69, 9.17) is 9.15 Å². The highest BCUT2D eigenvalue weighted by molar-refractivity contribution is 6.24. The Morgan fingerprint density at radius 3 is 2.77 bits per heavy atom. The van der Waals surface area contributed by atoms with E-state index in [1.807, 2.05) is 19.9 Å². The van der Waals surface area contributed by atoms with Crippen molar-refractivity contribution in [3.05, 3.63) is 53.3 Å². The van der Waals surface area contributed by atoms with Crippen molar-refractivity contribution in [2.45, 2.75) is 20.8 Å². The average molecular weight is 353 g/mol. The smallest absolute Gasteiger partial charge is 0.367 e. The SMILES string of the molecule is CC1=NOC(=O)/C1=C\c1ccc(-c2cccc(C(=O)OCC(C)C)c2)o1. The number of nitrogens with zero attached hydrogens (tertiary/aromatic N) is 1. The van der Waals surface area contributed by atoms with Gasteiger partial charge in [-0.3, -0.25) is 0 Å². The molecule has 1 aliphatic heterocycles. The Morgan fingerprint density at radius 1 is 1.27 bits per heavy atom. The number of carbonyl (C=O) groups excluding carboxylic acids is 2. The lowest BCUT2D eigenvalue weighted by Crippen LogP contribution is -2.10. The molecule has 26 heavy (non-hydrogen) atoms. The molecule has 134 valence electrons. The highest BCUT2D eigenvalue weighted by Crippen LogP contribution is 2.25. The van der Waals surface area contributed by atoms with Crippen LogP contribution < -0.4 is 0 Å². The predicted octanol–water partition coefficient (Wildman–Crippen LogP) is 4.08. The minimum absolute atomic E-state index is 0.275. The number of hydrogen-bond acceptors (Lipinski definition) is 6. The Labute approximate surface area is 151 Å². The van der Waals surface area contributed by atoms with Crippen LogP contribution in [0.4, 0.5) is 0 Å². The Balaban J connectivity index is 1.80. The number of furan rings is 1. The second kappa shape index (κ2) is 7.39. The molecule has 1 aromatic heterocycles. The lowest BCUT2D eigenvalue weighted by atomic mass is 10.1. The van der Waals surface area contributed by atoms with Gasteiger partial charge >= 0.3 is 11.9 Å². The van der Waals surface area contributed by atoms with E-state index in [9.17, 15) is 9.59 Å². The molecular formula is C20H19NO5. The molecule has 0 bridgehead atoms. The fraction of sp³-hybridized carbons (Fsp3) is 0.250. The molecule has 1 aliphatic rings. The number of esters is 1. The first-order valence-corrected chi connectivity index (χ1v) is 8.29. The van der Waals surface area contributed by atoms with Crippen LogP contribution in [0.2, 0.25) is 0 Å². The van der Waals surface area contributed by atoms with E-state index in [1.54, 1.807) is 43.3 Å². The van der Waals surface area contributed by atoms with Crippen LogP contribution in [0.5, 0.6) is 0 Å². The lowest BCUT2D eigenvalue weighted by molar-refractivity contribution is -0.136. The van der Waals surface area contributed by atoms with Gasteiger partial charge in [0.05, 0.1) is 23.5 Å². The summed E-state index contributed by atoms with van der Waals surface area (Å²) in [5.41, 5.74) is 2.06. The quantitative estimate of drug-likeness (QED) is 0.460. The average Bonchev–Trinajstić information content (AvgIpc) is 3.22. The maximum atomic E-state index is 12.1. The topological polar surface area (TPSA) is 78.1 Å². The maximum Gasteiger partial charge on any atom is 0.367 e. The summed E-state index contributed by atoms with van der Waals surface area (Å²) in [4.78, 5) is 28.3. The van der Waals surface area contributed by atoms with E-state index in [0.29, 0.717) is 35.0 Å². The second-order valence-electron chi connectivity index (χ2n) is 6.39. The van der Waals surface area contributed by atoms with Crippen molar-refractivity contribution in [2.75, 3.05) is 6.61 Å². The Bertz CT molecular complexity index is 904. The molecule has 0 unspecified atom stereocenters. The third kappa shape index (κ3) is 3.91. The van der Waals surface area contributed by atoms with Crippen molar-refractivity contribution >= 4 is 23.7 Å². The number of rotatable bonds is 5. The molecular weight excluding hydrogens is 334 g/mol. The summed E-state index contributed by atoms with van der Waals surface area (Å²) in [5.74, 6) is 0.481. The highest BCUT2D eigenvalue weighted by atomic mass is 16.7. The Morgan fingerprint density at radius 2 is 2.08 bits per heavy atom. The molecule has 3 rings (SSSR count). The summed E-state index contributed by atoms with van der Waals surface area (Å²) in [6.45, 7) is 6.02. The summed E-state index contributed by atoms with van der Waals surface area (Å²) >= 11 is 0. The number of ether oxygens (including phenoxy) is 1. The van der Waals surface area contributed by atoms with E-state index < -0.39 is 5.97 Å². The summed E-state index contributed by atoms with van der Waals surface area (Å²) in [6, 6.07) is 10.5. The van der Waals surface area contributed by atoms with Gasteiger partial charge in [0.15, 0.2) is 0 Å². The number of benzene rings is 1. The first-order chi connectivity index (χ1) is 12.4. The first kappa shape index (κ1) is 17.7. The number of hydrogen-bond donors (Lipinski definition) is 0. The molecule has 0 aliphatic carbocycles. The second-order valence-corrected chi connectivity index (χ2v) is 6.39. The van der Waals surface area contributed by atoms with Crippen molar-refractivity contribution in [3.8, 4) is 11.3 Å². The molecule has 0 N–H and O–H groups in total. The van der Waals surface area contributed by atoms with Crippen LogP contribution in [0.15, 0.2) is 51.5 Å². The summed E-state index contributed by atoms with van der Waals surface area (Å²) in [7, 11) is 0. The third-order valence-corrected chi connectivity index (χ3v) is 3.72. The first-order valence-electron chi connectivity index (χ1n) is 8.29. The molecule has 6 heteroatoms. The molecule has 6 nitrogen and oxygen atoms in total. The van der Waals surface area contributed by atoms with Crippen molar-refractivity contribution in [2.24, 2.45) is 11.1 Å². The van der Waals surface area contributed by atoms with Crippen LogP contribution in [0.1, 0.15) is 36.9 Å². The van der Waals surface area contributed by atoms with Gasteiger partial charge in [-0.15, -0.1) is 0 Å². The minimum atomic E-state index is -0.504. The number of carbonyl (C=O) groups is 2. The van der Waals surface area contributed by atoms with Crippen molar-refractivity contribution in [3.63, 3.8) is 0 Å². The summed E-state index contributed by atoms with van der Waals surface area (Å²) in [6.07, 6.45) is 1.58. The molecule has 0 saturated heterocycles. The molecule has 0 saturated carbocycles. The molecule has 0 radical (unpaired) electrons. The van der Waals surface area contributed by atoms with Gasteiger partial charge in [-0.05, 0) is 43.2 Å². The van der Waals surface area contributed by atoms with Crippen LogP contribution in [-0.2, 0) is 14.4 Å². The molecule has 2 aromatic rings. The zero-order chi connectivity index (χ0) is 18.7. The van der Waals surface area contributed by atoms with Crippen LogP contribution in [0, 0.1) is 5.92 Å². The monoisotopic (exact) mass is 353 g/mol. The van der Waals surface area contributed by atoms with Gasteiger partial charge in [-0.1, -0.05) is 31.1 Å². The van der Waals surface area contributed by atoms with Gasteiger partial charge in [0.1, 0.15) is 11.5 Å². The van der Waals surface area contributed by atoms with E-state index in [1.165, 1.54) is 0 Å². The molecule has 2 heterocycles. The normalized spacial score (nSPS) is 15.3. The fourth-order valence-corrected chi connectivity index (χ4v) is 2.37. The lowest BCUT2D eigenvalue weighted by Gasteiger charge is -2.07. The molecule has 0 atom stereocenters. The van der Waals surface area contributed by atoms with Crippen molar-refractivity contribution < 1.29 is 23.6 Å². The van der Waals surface area contributed by atoms with Crippen molar-refractivity contribution in [1.29, 1.82) is 0 Å². The van der Waals surface area contributed by atoms with E-state index >= 15 is 0 Å². The van der Waals surface area contributed by atoms with Gasteiger partial charge in [0, 0.05) is 5.56 Å². The van der Waals surface area contributed by atoms with Gasteiger partial charge in [-0.25, -0.2) is 9.59 Å². The minimum Gasteiger partial charge on any atom is -0.462 e. The highest BCUT2D eigenvalue weighted by Gasteiger charge is 2.22. The maximum absolute atomic E-state index is 12.1.